The van der Waals surface area contributed by atoms with Gasteiger partial charge in [-0.3, -0.25) is 4.68 Å². The molecule has 2 aromatic heterocycles. The molecule has 122 valence electrons. The molecule has 1 aliphatic heterocycles. The number of rotatable bonds is 3. The van der Waals surface area contributed by atoms with Gasteiger partial charge in [-0.2, -0.15) is 5.10 Å². The van der Waals surface area contributed by atoms with Gasteiger partial charge in [0.15, 0.2) is 0 Å². The molecule has 7 heteroatoms. The summed E-state index contributed by atoms with van der Waals surface area (Å²) in [4.78, 5) is 11.3. The molecule has 23 heavy (non-hydrogen) atoms. The van der Waals surface area contributed by atoms with Crippen LogP contribution in [0.2, 0.25) is 0 Å². The van der Waals surface area contributed by atoms with Crippen LogP contribution in [0.3, 0.4) is 0 Å². The maximum atomic E-state index is 10.5. The fraction of sp³-hybridized carbons (Fsp3) is 0.562. The molecular weight excluding hydrogens is 310 g/mol. The quantitative estimate of drug-likeness (QED) is 0.684. The van der Waals surface area contributed by atoms with Crippen LogP contribution in [0.15, 0.2) is 35.7 Å². The maximum absolute atomic E-state index is 10.5. The number of nitrogens with zero attached hydrogens (tertiary/aromatic N) is 5. The standard InChI is InChI=1S/C16H21N5OS/c1-23-15-3-5-17-16(19-15)20-9-11-7-13(21-6-2-4-18-21)14(22)8-12(11)10-20/h2-6,11-14,22H,7-10H2,1H3/t11-,12+,13-,14-/m1/s1. The van der Waals surface area contributed by atoms with Crippen molar-refractivity contribution in [2.45, 2.75) is 30.0 Å². The number of hydrogen-bond acceptors (Lipinski definition) is 6. The maximum Gasteiger partial charge on any atom is 0.226 e. The summed E-state index contributed by atoms with van der Waals surface area (Å²) in [6, 6.07) is 3.95. The molecule has 0 amide bonds. The molecule has 0 bridgehead atoms. The third-order valence-corrected chi connectivity index (χ3v) is 5.73. The first-order valence-corrected chi connectivity index (χ1v) is 9.26. The molecule has 2 aromatic rings. The molecule has 2 aliphatic rings. The van der Waals surface area contributed by atoms with Crippen LogP contribution >= 0.6 is 11.8 Å². The lowest BCUT2D eigenvalue weighted by Crippen LogP contribution is -2.36. The van der Waals surface area contributed by atoms with Gasteiger partial charge < -0.3 is 10.0 Å². The van der Waals surface area contributed by atoms with Crippen LogP contribution in [0.1, 0.15) is 18.9 Å². The van der Waals surface area contributed by atoms with Crippen LogP contribution in [0.25, 0.3) is 0 Å². The number of hydrogen-bond donors (Lipinski definition) is 1. The highest BCUT2D eigenvalue weighted by Gasteiger charge is 2.43. The topological polar surface area (TPSA) is 67.1 Å². The molecule has 4 atom stereocenters. The summed E-state index contributed by atoms with van der Waals surface area (Å²) in [7, 11) is 0. The Hall–Kier alpha value is -1.60. The lowest BCUT2D eigenvalue weighted by atomic mass is 9.77. The van der Waals surface area contributed by atoms with E-state index in [1.807, 2.05) is 35.5 Å². The van der Waals surface area contributed by atoms with E-state index in [-0.39, 0.29) is 12.1 Å². The highest BCUT2D eigenvalue weighted by Crippen LogP contribution is 2.41. The van der Waals surface area contributed by atoms with E-state index in [9.17, 15) is 5.11 Å². The number of thioether (sulfide) groups is 1. The number of fused-ring (bicyclic) bond motifs is 1. The monoisotopic (exact) mass is 331 g/mol. The molecule has 1 saturated heterocycles. The minimum Gasteiger partial charge on any atom is -0.391 e. The van der Waals surface area contributed by atoms with Gasteiger partial charge in [0, 0.05) is 31.7 Å². The lowest BCUT2D eigenvalue weighted by molar-refractivity contribution is 0.0306. The van der Waals surface area contributed by atoms with Crippen molar-refractivity contribution in [3.05, 3.63) is 30.7 Å². The molecule has 3 heterocycles. The van der Waals surface area contributed by atoms with Crippen LogP contribution in [0.4, 0.5) is 5.95 Å². The average Bonchev–Trinajstić information content (AvgIpc) is 3.23. The Labute approximate surface area is 139 Å². The normalized spacial score (nSPS) is 30.4. The summed E-state index contributed by atoms with van der Waals surface area (Å²) in [5.41, 5.74) is 0. The van der Waals surface area contributed by atoms with Gasteiger partial charge in [0.05, 0.1) is 12.1 Å². The van der Waals surface area contributed by atoms with Crippen LogP contribution < -0.4 is 4.90 Å². The van der Waals surface area contributed by atoms with Crippen LogP contribution in [-0.4, -0.2) is 50.3 Å². The zero-order valence-corrected chi connectivity index (χ0v) is 13.9. The van der Waals surface area contributed by atoms with Gasteiger partial charge in [-0.25, -0.2) is 9.97 Å². The summed E-state index contributed by atoms with van der Waals surface area (Å²) in [6.45, 7) is 1.90. The molecule has 0 spiro atoms. The van der Waals surface area contributed by atoms with Gasteiger partial charge in [0.2, 0.25) is 5.95 Å². The molecule has 0 unspecified atom stereocenters. The van der Waals surface area contributed by atoms with Gasteiger partial charge in [-0.1, -0.05) is 0 Å². The second-order valence-corrected chi connectivity index (χ2v) is 7.24. The summed E-state index contributed by atoms with van der Waals surface area (Å²) < 4.78 is 1.91. The van der Waals surface area contributed by atoms with Gasteiger partial charge >= 0.3 is 0 Å². The van der Waals surface area contributed by atoms with Crippen molar-refractivity contribution in [3.8, 4) is 0 Å². The van der Waals surface area contributed by atoms with E-state index in [1.165, 1.54) is 0 Å². The van der Waals surface area contributed by atoms with E-state index >= 15 is 0 Å². The first kappa shape index (κ1) is 15.0. The Bertz CT molecular complexity index is 664. The predicted octanol–water partition coefficient (Wildman–Crippen LogP) is 1.84. The highest BCUT2D eigenvalue weighted by molar-refractivity contribution is 7.98. The van der Waals surface area contributed by atoms with Crippen molar-refractivity contribution in [2.24, 2.45) is 11.8 Å². The third kappa shape index (κ3) is 2.83. The summed E-state index contributed by atoms with van der Waals surface area (Å²) in [5.74, 6) is 1.89. The summed E-state index contributed by atoms with van der Waals surface area (Å²) in [6.07, 6.45) is 9.06. The lowest BCUT2D eigenvalue weighted by Gasteiger charge is -2.35. The van der Waals surface area contributed by atoms with Crippen molar-refractivity contribution < 1.29 is 5.11 Å². The van der Waals surface area contributed by atoms with E-state index in [2.05, 4.69) is 20.0 Å². The zero-order valence-electron chi connectivity index (χ0n) is 13.1. The smallest absolute Gasteiger partial charge is 0.226 e. The van der Waals surface area contributed by atoms with Crippen molar-refractivity contribution in [2.75, 3.05) is 24.2 Å². The molecule has 0 aromatic carbocycles. The number of anilines is 1. The van der Waals surface area contributed by atoms with Crippen molar-refractivity contribution in [1.82, 2.24) is 19.7 Å². The van der Waals surface area contributed by atoms with E-state index in [4.69, 9.17) is 0 Å². The molecule has 0 radical (unpaired) electrons. The second-order valence-electron chi connectivity index (χ2n) is 6.42. The Balaban J connectivity index is 1.51. The molecule has 1 N–H and O–H groups in total. The highest BCUT2D eigenvalue weighted by atomic mass is 32.2. The number of aromatic nitrogens is 4. The van der Waals surface area contributed by atoms with Crippen LogP contribution in [0.5, 0.6) is 0 Å². The largest absolute Gasteiger partial charge is 0.391 e. The fourth-order valence-electron chi connectivity index (χ4n) is 3.93. The van der Waals surface area contributed by atoms with Gasteiger partial charge in [-0.15, -0.1) is 11.8 Å². The van der Waals surface area contributed by atoms with Crippen molar-refractivity contribution >= 4 is 17.7 Å². The number of aliphatic hydroxyl groups is 1. The Morgan fingerprint density at radius 3 is 2.78 bits per heavy atom. The summed E-state index contributed by atoms with van der Waals surface area (Å²) >= 11 is 1.64. The molecule has 1 saturated carbocycles. The Morgan fingerprint density at radius 1 is 1.22 bits per heavy atom. The fourth-order valence-corrected chi connectivity index (χ4v) is 4.30. The van der Waals surface area contributed by atoms with Crippen molar-refractivity contribution in [3.63, 3.8) is 0 Å². The molecular formula is C16H21N5OS. The van der Waals surface area contributed by atoms with E-state index in [0.29, 0.717) is 11.8 Å². The van der Waals surface area contributed by atoms with Crippen LogP contribution in [0, 0.1) is 11.8 Å². The zero-order chi connectivity index (χ0) is 15.8. The third-order valence-electron chi connectivity index (χ3n) is 5.08. The van der Waals surface area contributed by atoms with E-state index < -0.39 is 0 Å². The van der Waals surface area contributed by atoms with E-state index in [1.54, 1.807) is 18.0 Å². The predicted molar refractivity (Wildman–Crippen MR) is 89.5 cm³/mol. The SMILES string of the molecule is CSc1ccnc(N2C[C@H]3C[C@@H](n4cccn4)[C@H](O)C[C@H]3C2)n1. The van der Waals surface area contributed by atoms with E-state index in [0.717, 1.165) is 36.9 Å². The first-order chi connectivity index (χ1) is 11.2. The summed E-state index contributed by atoms with van der Waals surface area (Å²) in [5, 5.41) is 15.8. The molecule has 4 rings (SSSR count). The van der Waals surface area contributed by atoms with Crippen molar-refractivity contribution in [1.29, 1.82) is 0 Å². The Morgan fingerprint density at radius 2 is 2.04 bits per heavy atom. The minimum absolute atomic E-state index is 0.0876. The van der Waals surface area contributed by atoms with Gasteiger partial charge in [-0.05, 0) is 43.1 Å². The average molecular weight is 331 g/mol. The van der Waals surface area contributed by atoms with Gasteiger partial charge in [0.1, 0.15) is 5.03 Å². The second kappa shape index (κ2) is 6.13. The van der Waals surface area contributed by atoms with Gasteiger partial charge in [0.25, 0.3) is 0 Å². The molecule has 1 aliphatic carbocycles. The number of aliphatic hydroxyl groups excluding tert-OH is 1. The molecule has 6 nitrogen and oxygen atoms in total. The molecule has 2 fully saturated rings. The first-order valence-electron chi connectivity index (χ1n) is 8.04. The van der Waals surface area contributed by atoms with Crippen LogP contribution in [-0.2, 0) is 0 Å². The Kier molecular flexibility index (Phi) is 3.98. The minimum atomic E-state index is -0.324.